The minimum absolute atomic E-state index is 0.192. The smallest absolute Gasteiger partial charge is 0.449 e. The molecule has 10 heavy (non-hydrogen) atoms. The Balaban J connectivity index is 3.04. The van der Waals surface area contributed by atoms with Gasteiger partial charge in [-0.3, -0.25) is 0 Å². The fraction of sp³-hybridized carbons (Fsp3) is 1.00. The first-order valence-electron chi connectivity index (χ1n) is 3.26. The molecule has 1 nitrogen and oxygen atoms in total. The van der Waals surface area contributed by atoms with Gasteiger partial charge < -0.3 is 17.7 Å². The average molecular weight is 155 g/mol. The maximum absolute atomic E-state index is 11.5. The molecule has 0 aliphatic heterocycles. The highest BCUT2D eigenvalue weighted by atomic mass is 19.4. The first-order valence-corrected chi connectivity index (χ1v) is 3.26. The third-order valence-corrected chi connectivity index (χ3v) is 1.13. The lowest BCUT2D eigenvalue weighted by Gasteiger charge is -2.11. The number of hydrogen-bond acceptors (Lipinski definition) is 1. The number of ether oxygens (including phenoxy) is 1. The fourth-order valence-electron chi connectivity index (χ4n) is 0.622. The molecule has 0 aromatic rings. The molecule has 0 saturated carbocycles. The van der Waals surface area contributed by atoms with Gasteiger partial charge in [0.25, 0.3) is 0 Å². The molecule has 0 radical (unpaired) electrons. The standard InChI is InChI=1S/C5H11BF3O/c1-10-5-3-2-4-6(7,8)9/h2-5H2,1H3/q-1. The van der Waals surface area contributed by atoms with Gasteiger partial charge in [0.2, 0.25) is 0 Å². The third kappa shape index (κ3) is 7.81. The molecule has 0 saturated heterocycles. The molecule has 0 N–H and O–H groups in total. The van der Waals surface area contributed by atoms with Crippen molar-refractivity contribution in [1.82, 2.24) is 0 Å². The molecule has 0 bridgehead atoms. The van der Waals surface area contributed by atoms with Gasteiger partial charge in [-0.2, -0.15) is 0 Å². The summed E-state index contributed by atoms with van der Waals surface area (Å²) in [5.41, 5.74) is 0. The maximum atomic E-state index is 11.5. The second-order valence-electron chi connectivity index (χ2n) is 2.20. The van der Waals surface area contributed by atoms with Crippen molar-refractivity contribution in [3.05, 3.63) is 0 Å². The van der Waals surface area contributed by atoms with Crippen LogP contribution < -0.4 is 0 Å². The Morgan fingerprint density at radius 3 is 2.20 bits per heavy atom. The van der Waals surface area contributed by atoms with Gasteiger partial charge >= 0.3 is 6.98 Å². The second kappa shape index (κ2) is 4.60. The summed E-state index contributed by atoms with van der Waals surface area (Å²) in [6.07, 6.45) is 0.0540. The topological polar surface area (TPSA) is 9.23 Å². The summed E-state index contributed by atoms with van der Waals surface area (Å²) in [5, 5.41) is 0. The zero-order valence-electron chi connectivity index (χ0n) is 5.95. The van der Waals surface area contributed by atoms with Crippen molar-refractivity contribution in [2.24, 2.45) is 0 Å². The first-order chi connectivity index (χ1) is 4.56. The van der Waals surface area contributed by atoms with E-state index in [-0.39, 0.29) is 6.42 Å². The third-order valence-electron chi connectivity index (χ3n) is 1.13. The van der Waals surface area contributed by atoms with Crippen LogP contribution >= 0.6 is 0 Å². The first kappa shape index (κ1) is 9.81. The van der Waals surface area contributed by atoms with E-state index in [9.17, 15) is 12.9 Å². The second-order valence-corrected chi connectivity index (χ2v) is 2.20. The largest absolute Gasteiger partial charge is 0.478 e. The maximum Gasteiger partial charge on any atom is 0.478 e. The van der Waals surface area contributed by atoms with Gasteiger partial charge in [0.05, 0.1) is 0 Å². The van der Waals surface area contributed by atoms with E-state index < -0.39 is 13.3 Å². The molecule has 0 aliphatic carbocycles. The summed E-state index contributed by atoms with van der Waals surface area (Å²) in [6, 6.07) is 0. The minimum Gasteiger partial charge on any atom is -0.449 e. The predicted octanol–water partition coefficient (Wildman–Crippen LogP) is 2.26. The van der Waals surface area contributed by atoms with Crippen molar-refractivity contribution >= 4 is 6.98 Å². The van der Waals surface area contributed by atoms with Gasteiger partial charge in [-0.25, -0.2) is 0 Å². The molecule has 0 heterocycles. The minimum atomic E-state index is -4.57. The normalized spacial score (nSPS) is 12.0. The molecular weight excluding hydrogens is 144 g/mol. The average Bonchev–Trinajstić information content (AvgIpc) is 1.78. The van der Waals surface area contributed by atoms with E-state index in [1.807, 2.05) is 0 Å². The molecule has 62 valence electrons. The number of halogens is 3. The molecular formula is C5H11BF3O-. The summed E-state index contributed by atoms with van der Waals surface area (Å²) >= 11 is 0. The van der Waals surface area contributed by atoms with Gasteiger partial charge in [-0.1, -0.05) is 12.7 Å². The molecule has 0 unspecified atom stereocenters. The van der Waals surface area contributed by atoms with E-state index in [0.29, 0.717) is 13.0 Å². The van der Waals surface area contributed by atoms with Crippen molar-refractivity contribution in [1.29, 1.82) is 0 Å². The van der Waals surface area contributed by atoms with Crippen molar-refractivity contribution in [2.45, 2.75) is 19.2 Å². The molecule has 0 spiro atoms. The lowest BCUT2D eigenvalue weighted by molar-refractivity contribution is 0.193. The molecule has 0 aliphatic rings. The monoisotopic (exact) mass is 155 g/mol. The van der Waals surface area contributed by atoms with Gasteiger partial charge in [-0.05, 0) is 6.42 Å². The number of methoxy groups -OCH3 is 1. The Hall–Kier alpha value is -0.185. The van der Waals surface area contributed by atoms with Crippen LogP contribution in [0.25, 0.3) is 0 Å². The van der Waals surface area contributed by atoms with Crippen LogP contribution in [0.4, 0.5) is 12.9 Å². The van der Waals surface area contributed by atoms with E-state index >= 15 is 0 Å². The van der Waals surface area contributed by atoms with Crippen LogP contribution in [0.3, 0.4) is 0 Å². The van der Waals surface area contributed by atoms with Crippen molar-refractivity contribution in [3.8, 4) is 0 Å². The van der Waals surface area contributed by atoms with Crippen molar-refractivity contribution in [2.75, 3.05) is 13.7 Å². The SMILES string of the molecule is COCCCC[B-](F)(F)F. The lowest BCUT2D eigenvalue weighted by Crippen LogP contribution is -2.13. The van der Waals surface area contributed by atoms with Crippen molar-refractivity contribution in [3.63, 3.8) is 0 Å². The molecule has 0 aromatic heterocycles. The molecule has 0 aromatic carbocycles. The number of hydrogen-bond donors (Lipinski definition) is 0. The van der Waals surface area contributed by atoms with Crippen LogP contribution in [0, 0.1) is 0 Å². The van der Waals surface area contributed by atoms with Gasteiger partial charge in [0, 0.05) is 13.7 Å². The predicted molar refractivity (Wildman–Crippen MR) is 35.0 cm³/mol. The molecule has 5 heteroatoms. The molecule has 0 fully saturated rings. The number of unbranched alkanes of at least 4 members (excludes halogenated alkanes) is 1. The van der Waals surface area contributed by atoms with E-state index in [2.05, 4.69) is 4.74 Å². The van der Waals surface area contributed by atoms with Crippen LogP contribution in [-0.2, 0) is 4.74 Å². The Morgan fingerprint density at radius 1 is 1.20 bits per heavy atom. The van der Waals surface area contributed by atoms with E-state index in [0.717, 1.165) is 0 Å². The fourth-order valence-corrected chi connectivity index (χ4v) is 0.622. The highest BCUT2D eigenvalue weighted by Crippen LogP contribution is 2.17. The Labute approximate surface area is 58.6 Å². The molecule has 0 rings (SSSR count). The number of rotatable bonds is 5. The van der Waals surface area contributed by atoms with Crippen LogP contribution in [0.15, 0.2) is 0 Å². The van der Waals surface area contributed by atoms with Gasteiger partial charge in [0.15, 0.2) is 0 Å². The van der Waals surface area contributed by atoms with Crippen LogP contribution in [0.1, 0.15) is 12.8 Å². The summed E-state index contributed by atoms with van der Waals surface area (Å²) in [7, 11) is 1.48. The van der Waals surface area contributed by atoms with Gasteiger partial charge in [-0.15, -0.1) is 0 Å². The van der Waals surface area contributed by atoms with E-state index in [1.54, 1.807) is 0 Å². The Bertz CT molecular complexity index is 83.5. The van der Waals surface area contributed by atoms with Gasteiger partial charge in [0.1, 0.15) is 0 Å². The highest BCUT2D eigenvalue weighted by molar-refractivity contribution is 6.58. The Morgan fingerprint density at radius 2 is 1.80 bits per heavy atom. The summed E-state index contributed by atoms with van der Waals surface area (Å²) in [5.74, 6) is 0. The van der Waals surface area contributed by atoms with Crippen molar-refractivity contribution < 1.29 is 17.7 Å². The highest BCUT2D eigenvalue weighted by Gasteiger charge is 2.21. The Kier molecular flexibility index (Phi) is 4.52. The summed E-state index contributed by atoms with van der Waals surface area (Å²) in [4.78, 5) is 0. The zero-order chi connectivity index (χ0) is 8.04. The van der Waals surface area contributed by atoms with Crippen LogP contribution in [0.2, 0.25) is 6.32 Å². The molecule has 0 atom stereocenters. The lowest BCUT2D eigenvalue weighted by atomic mass is 9.84. The van der Waals surface area contributed by atoms with Crippen LogP contribution in [0.5, 0.6) is 0 Å². The summed E-state index contributed by atoms with van der Waals surface area (Å²) in [6.45, 7) is -4.15. The zero-order valence-corrected chi connectivity index (χ0v) is 5.95. The molecule has 0 amide bonds. The summed E-state index contributed by atoms with van der Waals surface area (Å²) < 4.78 is 39.1. The van der Waals surface area contributed by atoms with E-state index in [1.165, 1.54) is 7.11 Å². The van der Waals surface area contributed by atoms with Crippen LogP contribution in [-0.4, -0.2) is 20.7 Å². The quantitative estimate of drug-likeness (QED) is 0.437. The van der Waals surface area contributed by atoms with E-state index in [4.69, 9.17) is 0 Å².